The second kappa shape index (κ2) is 10.1. The quantitative estimate of drug-likeness (QED) is 0.565. The number of carbonyl (C=O) groups is 2. The van der Waals surface area contributed by atoms with Gasteiger partial charge in [0.2, 0.25) is 0 Å². The average molecular weight is 423 g/mol. The zero-order valence-corrected chi connectivity index (χ0v) is 18.2. The van der Waals surface area contributed by atoms with Gasteiger partial charge in [0.05, 0.1) is 5.69 Å². The van der Waals surface area contributed by atoms with E-state index in [1.165, 1.54) is 11.3 Å². The third-order valence-corrected chi connectivity index (χ3v) is 6.07. The summed E-state index contributed by atoms with van der Waals surface area (Å²) < 4.78 is 0. The molecule has 30 heavy (non-hydrogen) atoms. The van der Waals surface area contributed by atoms with Crippen LogP contribution in [0.15, 0.2) is 60.7 Å². The number of aromatic nitrogens is 1. The molecule has 2 N–H and O–H groups in total. The molecular weight excluding hydrogens is 396 g/mol. The first-order chi connectivity index (χ1) is 14.5. The molecule has 156 valence electrons. The van der Waals surface area contributed by atoms with Crippen molar-refractivity contribution in [2.45, 2.75) is 26.8 Å². The molecule has 3 rings (SSSR count). The van der Waals surface area contributed by atoms with Gasteiger partial charge in [0.15, 0.2) is 0 Å². The zero-order chi connectivity index (χ0) is 21.5. The first kappa shape index (κ1) is 21.7. The minimum absolute atomic E-state index is 0.274. The van der Waals surface area contributed by atoms with Crippen LogP contribution in [0.25, 0.3) is 10.6 Å². The molecule has 1 unspecified atom stereocenters. The lowest BCUT2D eigenvalue weighted by atomic mass is 10.0. The molecule has 1 heterocycles. The van der Waals surface area contributed by atoms with Crippen molar-refractivity contribution < 1.29 is 9.59 Å². The minimum Gasteiger partial charge on any atom is -0.289 e. The zero-order valence-electron chi connectivity index (χ0n) is 17.4. The van der Waals surface area contributed by atoms with E-state index in [4.69, 9.17) is 0 Å². The normalized spacial score (nSPS) is 11.9. The van der Waals surface area contributed by atoms with Gasteiger partial charge in [-0.25, -0.2) is 4.98 Å². The fourth-order valence-electron chi connectivity index (χ4n) is 3.31. The topological polar surface area (TPSA) is 74.3 Å². The number of nitrogens with zero attached hydrogens (tertiary/aromatic N) is 2. The highest BCUT2D eigenvalue weighted by atomic mass is 32.1. The number of benzene rings is 2. The van der Waals surface area contributed by atoms with Crippen LogP contribution < -0.4 is 10.9 Å². The van der Waals surface area contributed by atoms with Gasteiger partial charge in [-0.15, -0.1) is 11.3 Å². The third-order valence-electron chi connectivity index (χ3n) is 4.86. The lowest BCUT2D eigenvalue weighted by Crippen LogP contribution is -2.48. The number of rotatable bonds is 7. The summed E-state index contributed by atoms with van der Waals surface area (Å²) in [7, 11) is 0. The van der Waals surface area contributed by atoms with Gasteiger partial charge >= 0.3 is 0 Å². The molecule has 1 atom stereocenters. The fraction of sp³-hybridized carbons (Fsp3) is 0.261. The van der Waals surface area contributed by atoms with Crippen LogP contribution in [0.4, 0.5) is 0 Å². The molecule has 0 saturated carbocycles. The number of hydrazine groups is 1. The predicted octanol–water partition coefficient (Wildman–Crippen LogP) is 3.96. The lowest BCUT2D eigenvalue weighted by molar-refractivity contribution is -0.127. The van der Waals surface area contributed by atoms with Gasteiger partial charge in [-0.2, -0.15) is 0 Å². The van der Waals surface area contributed by atoms with Crippen molar-refractivity contribution in [3.63, 3.8) is 0 Å². The monoisotopic (exact) mass is 422 g/mol. The number of likely N-dealkylation sites (N-methyl/N-ethyl adjacent to an activating group) is 1. The molecule has 0 aliphatic carbocycles. The number of thiazole rings is 1. The van der Waals surface area contributed by atoms with Crippen LogP contribution in [0.5, 0.6) is 0 Å². The Labute approximate surface area is 180 Å². The molecule has 0 fully saturated rings. The minimum atomic E-state index is -0.482. The van der Waals surface area contributed by atoms with E-state index in [0.717, 1.165) is 16.1 Å². The Balaban J connectivity index is 1.73. The molecule has 0 aliphatic heterocycles. The summed E-state index contributed by atoms with van der Waals surface area (Å²) in [6, 6.07) is 18.8. The summed E-state index contributed by atoms with van der Waals surface area (Å²) in [5.41, 5.74) is 7.64. The Bertz CT molecular complexity index is 985. The van der Waals surface area contributed by atoms with Crippen molar-refractivity contribution in [3.05, 3.63) is 76.8 Å². The largest absolute Gasteiger partial charge is 0.289 e. The molecule has 0 bridgehead atoms. The molecule has 0 saturated heterocycles. The predicted molar refractivity (Wildman–Crippen MR) is 120 cm³/mol. The number of hydrogen-bond donors (Lipinski definition) is 2. The second-order valence-electron chi connectivity index (χ2n) is 6.78. The van der Waals surface area contributed by atoms with Crippen molar-refractivity contribution in [2.75, 3.05) is 13.1 Å². The van der Waals surface area contributed by atoms with Gasteiger partial charge in [-0.05, 0) is 25.6 Å². The number of nitrogens with one attached hydrogen (secondary N) is 2. The highest BCUT2D eigenvalue weighted by Gasteiger charge is 2.26. The molecule has 1 aromatic heterocycles. The Morgan fingerprint density at radius 3 is 2.17 bits per heavy atom. The second-order valence-corrected chi connectivity index (χ2v) is 7.78. The van der Waals surface area contributed by atoms with Crippen LogP contribution in [-0.4, -0.2) is 34.8 Å². The van der Waals surface area contributed by atoms with E-state index in [9.17, 15) is 9.59 Å². The molecule has 2 aromatic carbocycles. The van der Waals surface area contributed by atoms with Crippen LogP contribution in [0.1, 0.15) is 40.8 Å². The Kier molecular flexibility index (Phi) is 7.32. The SMILES string of the molecule is CCN(CC)C(C(=O)NNC(=O)c1sc(-c2ccccc2)nc1C)c1ccccc1. The Hall–Kier alpha value is -3.03. The summed E-state index contributed by atoms with van der Waals surface area (Å²) in [5.74, 6) is -0.643. The molecule has 0 aliphatic rings. The summed E-state index contributed by atoms with van der Waals surface area (Å²) in [6.07, 6.45) is 0. The molecular formula is C23H26N4O2S. The number of hydrogen-bond acceptors (Lipinski definition) is 5. The third kappa shape index (κ3) is 4.93. The number of aryl methyl sites for hydroxylation is 1. The molecule has 0 spiro atoms. The maximum Gasteiger partial charge on any atom is 0.281 e. The van der Waals surface area contributed by atoms with Crippen LogP contribution >= 0.6 is 11.3 Å². The molecule has 3 aromatic rings. The van der Waals surface area contributed by atoms with E-state index >= 15 is 0 Å². The summed E-state index contributed by atoms with van der Waals surface area (Å²) in [4.78, 5) is 32.7. The van der Waals surface area contributed by atoms with Crippen molar-refractivity contribution in [1.29, 1.82) is 0 Å². The van der Waals surface area contributed by atoms with Gasteiger partial charge in [0, 0.05) is 5.56 Å². The van der Waals surface area contributed by atoms with Gasteiger partial charge in [-0.1, -0.05) is 74.5 Å². The Morgan fingerprint density at radius 2 is 1.57 bits per heavy atom. The first-order valence-electron chi connectivity index (χ1n) is 9.97. The van der Waals surface area contributed by atoms with E-state index in [-0.39, 0.29) is 11.8 Å². The standard InChI is InChI=1S/C23H26N4O2S/c1-4-27(5-2)19(17-12-8-6-9-13-17)21(28)25-26-22(29)20-16(3)24-23(30-20)18-14-10-7-11-15-18/h6-15,19H,4-5H2,1-3H3,(H,25,28)(H,26,29). The molecule has 6 nitrogen and oxygen atoms in total. The van der Waals surface area contributed by atoms with Crippen LogP contribution in [0.2, 0.25) is 0 Å². The van der Waals surface area contributed by atoms with E-state index < -0.39 is 6.04 Å². The van der Waals surface area contributed by atoms with Crippen LogP contribution in [0.3, 0.4) is 0 Å². The van der Waals surface area contributed by atoms with Crippen LogP contribution in [0, 0.1) is 6.92 Å². The highest BCUT2D eigenvalue weighted by molar-refractivity contribution is 7.17. The lowest BCUT2D eigenvalue weighted by Gasteiger charge is -2.28. The molecule has 7 heteroatoms. The summed E-state index contributed by atoms with van der Waals surface area (Å²) in [5, 5.41) is 0.773. The summed E-state index contributed by atoms with van der Waals surface area (Å²) >= 11 is 1.31. The van der Waals surface area contributed by atoms with Gasteiger partial charge in [0.25, 0.3) is 11.8 Å². The Morgan fingerprint density at radius 1 is 0.967 bits per heavy atom. The maximum absolute atomic E-state index is 13.0. The van der Waals surface area contributed by atoms with E-state index in [1.54, 1.807) is 6.92 Å². The van der Waals surface area contributed by atoms with Crippen LogP contribution in [-0.2, 0) is 4.79 Å². The van der Waals surface area contributed by atoms with Gasteiger partial charge < -0.3 is 0 Å². The van der Waals surface area contributed by atoms with E-state index in [2.05, 4.69) is 15.8 Å². The fourth-order valence-corrected chi connectivity index (χ4v) is 4.27. The number of amides is 2. The molecule has 0 radical (unpaired) electrons. The molecule has 2 amide bonds. The summed E-state index contributed by atoms with van der Waals surface area (Å²) in [6.45, 7) is 7.24. The van der Waals surface area contributed by atoms with Gasteiger partial charge in [-0.3, -0.25) is 25.3 Å². The van der Waals surface area contributed by atoms with E-state index in [0.29, 0.717) is 23.7 Å². The van der Waals surface area contributed by atoms with Crippen molar-refractivity contribution in [2.24, 2.45) is 0 Å². The first-order valence-corrected chi connectivity index (χ1v) is 10.8. The maximum atomic E-state index is 13.0. The highest BCUT2D eigenvalue weighted by Crippen LogP contribution is 2.27. The van der Waals surface area contributed by atoms with Crippen molar-refractivity contribution >= 4 is 23.2 Å². The number of carbonyl (C=O) groups excluding carboxylic acids is 2. The smallest absolute Gasteiger partial charge is 0.281 e. The van der Waals surface area contributed by atoms with Gasteiger partial charge in [0.1, 0.15) is 15.9 Å². The van der Waals surface area contributed by atoms with Crippen molar-refractivity contribution in [1.82, 2.24) is 20.7 Å². The van der Waals surface area contributed by atoms with Crippen molar-refractivity contribution in [3.8, 4) is 10.6 Å². The van der Waals surface area contributed by atoms with E-state index in [1.807, 2.05) is 79.4 Å². The average Bonchev–Trinajstić information content (AvgIpc) is 3.18.